The molecule has 0 atom stereocenters. The summed E-state index contributed by atoms with van der Waals surface area (Å²) in [4.78, 5) is 12.4. The first-order valence-electron chi connectivity index (χ1n) is 8.11. The molecule has 2 rings (SSSR count). The van der Waals surface area contributed by atoms with E-state index < -0.39 is 5.56 Å². The Balaban J connectivity index is 2.45. The average Bonchev–Trinajstić information content (AvgIpc) is 2.60. The maximum absolute atomic E-state index is 12.4. The highest BCUT2D eigenvalue weighted by Gasteiger charge is 2.12. The molecule has 0 radical (unpaired) electrons. The molecule has 0 N–H and O–H groups in total. The molecule has 1 heterocycles. The van der Waals surface area contributed by atoms with Crippen molar-refractivity contribution in [2.45, 2.75) is 27.2 Å². The second kappa shape index (κ2) is 8.68. The summed E-state index contributed by atoms with van der Waals surface area (Å²) in [6, 6.07) is 7.30. The molecule has 136 valence electrons. The average molecular weight is 418 g/mol. The second-order valence-corrected chi connectivity index (χ2v) is 6.55. The van der Waals surface area contributed by atoms with Crippen LogP contribution in [0.25, 0.3) is 0 Å². The molecule has 0 saturated heterocycles. The van der Waals surface area contributed by atoms with Crippen LogP contribution in [0.15, 0.2) is 32.6 Å². The van der Waals surface area contributed by atoms with Crippen LogP contribution in [0.2, 0.25) is 0 Å². The summed E-state index contributed by atoms with van der Waals surface area (Å²) in [6.07, 6.45) is 2.43. The number of aromatic nitrogens is 1. The molecule has 2 aromatic rings. The lowest BCUT2D eigenvalue weighted by Crippen LogP contribution is -2.22. The van der Waals surface area contributed by atoms with E-state index in [1.54, 1.807) is 39.3 Å². The van der Waals surface area contributed by atoms with Gasteiger partial charge in [-0.15, -0.1) is 0 Å². The van der Waals surface area contributed by atoms with E-state index >= 15 is 0 Å². The van der Waals surface area contributed by atoms with Gasteiger partial charge in [0.05, 0.1) is 24.4 Å². The van der Waals surface area contributed by atoms with E-state index in [1.807, 2.05) is 19.1 Å². The van der Waals surface area contributed by atoms with Crippen molar-refractivity contribution in [1.82, 2.24) is 4.68 Å². The molecule has 0 saturated carbocycles. The lowest BCUT2D eigenvalue weighted by atomic mass is 10.1. The number of halogens is 1. The summed E-state index contributed by atoms with van der Waals surface area (Å²) in [5.74, 6) is 1.20. The molecular formula is C19H20BrN3O3. The van der Waals surface area contributed by atoms with Crippen LogP contribution in [0, 0.1) is 25.2 Å². The van der Waals surface area contributed by atoms with Gasteiger partial charge in [-0.2, -0.15) is 10.4 Å². The van der Waals surface area contributed by atoms with E-state index in [4.69, 9.17) is 14.7 Å². The van der Waals surface area contributed by atoms with E-state index in [2.05, 4.69) is 21.0 Å². The first-order chi connectivity index (χ1) is 12.4. The Kier molecular flexibility index (Phi) is 6.58. The van der Waals surface area contributed by atoms with Crippen molar-refractivity contribution >= 4 is 22.1 Å². The minimum absolute atomic E-state index is 0.0924. The van der Waals surface area contributed by atoms with Crippen molar-refractivity contribution in [2.24, 2.45) is 5.10 Å². The second-order valence-electron chi connectivity index (χ2n) is 5.70. The van der Waals surface area contributed by atoms with Gasteiger partial charge in [0.1, 0.15) is 11.6 Å². The molecule has 0 spiro atoms. The summed E-state index contributed by atoms with van der Waals surface area (Å²) in [5, 5.41) is 13.4. The van der Waals surface area contributed by atoms with Crippen molar-refractivity contribution in [3.8, 4) is 17.6 Å². The molecule has 1 aromatic heterocycles. The van der Waals surface area contributed by atoms with Gasteiger partial charge in [0, 0.05) is 5.69 Å². The quantitative estimate of drug-likeness (QED) is 0.669. The van der Waals surface area contributed by atoms with E-state index in [9.17, 15) is 4.79 Å². The molecule has 7 heteroatoms. The minimum atomic E-state index is -0.435. The first-order valence-corrected chi connectivity index (χ1v) is 8.90. The van der Waals surface area contributed by atoms with E-state index in [1.165, 1.54) is 4.68 Å². The van der Waals surface area contributed by atoms with Crippen LogP contribution in [-0.4, -0.2) is 24.6 Å². The SMILES string of the molecule is CCCOc1c(Br)cc(C=Nn2c(C)cc(C)c(C#N)c2=O)cc1OC. The summed E-state index contributed by atoms with van der Waals surface area (Å²) in [7, 11) is 1.56. The summed E-state index contributed by atoms with van der Waals surface area (Å²) in [6.45, 7) is 6.11. The van der Waals surface area contributed by atoms with Crippen LogP contribution in [-0.2, 0) is 0 Å². The molecule has 0 bridgehead atoms. The van der Waals surface area contributed by atoms with Gasteiger partial charge < -0.3 is 9.47 Å². The number of nitrogens with zero attached hydrogens (tertiary/aromatic N) is 3. The topological polar surface area (TPSA) is 76.6 Å². The molecule has 1 aromatic carbocycles. The van der Waals surface area contributed by atoms with Crippen LogP contribution in [0.5, 0.6) is 11.5 Å². The molecule has 6 nitrogen and oxygen atoms in total. The number of ether oxygens (including phenoxy) is 2. The van der Waals surface area contributed by atoms with Gasteiger partial charge in [-0.3, -0.25) is 4.79 Å². The van der Waals surface area contributed by atoms with Crippen LogP contribution in [0.1, 0.15) is 35.7 Å². The lowest BCUT2D eigenvalue weighted by Gasteiger charge is -2.13. The molecule has 0 aliphatic rings. The predicted octanol–water partition coefficient (Wildman–Crippen LogP) is 3.78. The van der Waals surface area contributed by atoms with Gasteiger partial charge in [0.25, 0.3) is 5.56 Å². The Morgan fingerprint density at radius 1 is 1.35 bits per heavy atom. The molecule has 0 aliphatic heterocycles. The highest BCUT2D eigenvalue weighted by molar-refractivity contribution is 9.10. The fraction of sp³-hybridized carbons (Fsp3) is 0.316. The minimum Gasteiger partial charge on any atom is -0.493 e. The molecule has 0 unspecified atom stereocenters. The standard InChI is InChI=1S/C19H20BrN3O3/c1-5-6-26-18-16(20)8-14(9-17(18)25-4)11-22-23-13(3)7-12(2)15(10-21)19(23)24/h7-9,11H,5-6H2,1-4H3. The van der Waals surface area contributed by atoms with Gasteiger partial charge in [0.15, 0.2) is 11.5 Å². The number of pyridine rings is 1. The van der Waals surface area contributed by atoms with Crippen molar-refractivity contribution in [3.63, 3.8) is 0 Å². The number of aryl methyl sites for hydroxylation is 2. The Morgan fingerprint density at radius 3 is 2.69 bits per heavy atom. The third-order valence-corrected chi connectivity index (χ3v) is 4.29. The van der Waals surface area contributed by atoms with Crippen LogP contribution >= 0.6 is 15.9 Å². The van der Waals surface area contributed by atoms with Crippen molar-refractivity contribution < 1.29 is 9.47 Å². The molecule has 0 amide bonds. The monoisotopic (exact) mass is 417 g/mol. The zero-order valence-corrected chi connectivity index (χ0v) is 16.8. The zero-order chi connectivity index (χ0) is 19.3. The summed E-state index contributed by atoms with van der Waals surface area (Å²) in [5.41, 5.74) is 1.67. The molecule has 0 fully saturated rings. The van der Waals surface area contributed by atoms with Gasteiger partial charge in [-0.25, -0.2) is 4.68 Å². The normalized spacial score (nSPS) is 10.8. The van der Waals surface area contributed by atoms with Crippen molar-refractivity contribution in [3.05, 3.63) is 55.4 Å². The summed E-state index contributed by atoms with van der Waals surface area (Å²) >= 11 is 3.48. The fourth-order valence-corrected chi connectivity index (χ4v) is 3.02. The van der Waals surface area contributed by atoms with Crippen molar-refractivity contribution in [1.29, 1.82) is 5.26 Å². The smallest absolute Gasteiger partial charge is 0.289 e. The lowest BCUT2D eigenvalue weighted by molar-refractivity contribution is 0.292. The van der Waals surface area contributed by atoms with Gasteiger partial charge >= 0.3 is 0 Å². The van der Waals surface area contributed by atoms with Crippen LogP contribution in [0.3, 0.4) is 0 Å². The molecule has 26 heavy (non-hydrogen) atoms. The highest BCUT2D eigenvalue weighted by Crippen LogP contribution is 2.36. The Bertz CT molecular complexity index is 943. The van der Waals surface area contributed by atoms with E-state index in [0.717, 1.165) is 16.5 Å². The molecule has 0 aliphatic carbocycles. The maximum atomic E-state index is 12.4. The number of hydrogen-bond donors (Lipinski definition) is 0. The van der Waals surface area contributed by atoms with Gasteiger partial charge in [-0.05, 0) is 65.5 Å². The number of methoxy groups -OCH3 is 1. The van der Waals surface area contributed by atoms with Gasteiger partial charge in [0.2, 0.25) is 0 Å². The number of benzene rings is 1. The maximum Gasteiger partial charge on any atom is 0.289 e. The Hall–Kier alpha value is -2.59. The third kappa shape index (κ3) is 4.14. The number of hydrogen-bond acceptors (Lipinski definition) is 5. The first kappa shape index (κ1) is 19.7. The Labute approximate surface area is 160 Å². The predicted molar refractivity (Wildman–Crippen MR) is 104 cm³/mol. The highest BCUT2D eigenvalue weighted by atomic mass is 79.9. The number of nitriles is 1. The van der Waals surface area contributed by atoms with Crippen LogP contribution < -0.4 is 15.0 Å². The third-order valence-electron chi connectivity index (χ3n) is 3.70. The molecular weight excluding hydrogens is 398 g/mol. The largest absolute Gasteiger partial charge is 0.493 e. The van der Waals surface area contributed by atoms with E-state index in [-0.39, 0.29) is 5.56 Å². The Morgan fingerprint density at radius 2 is 2.08 bits per heavy atom. The zero-order valence-electron chi connectivity index (χ0n) is 15.2. The van der Waals surface area contributed by atoms with E-state index in [0.29, 0.717) is 29.4 Å². The van der Waals surface area contributed by atoms with Crippen molar-refractivity contribution in [2.75, 3.05) is 13.7 Å². The number of rotatable bonds is 6. The van der Waals surface area contributed by atoms with Gasteiger partial charge in [-0.1, -0.05) is 6.92 Å². The van der Waals surface area contributed by atoms with Crippen LogP contribution in [0.4, 0.5) is 0 Å². The fourth-order valence-electron chi connectivity index (χ4n) is 2.44. The summed E-state index contributed by atoms with van der Waals surface area (Å²) < 4.78 is 13.0.